The van der Waals surface area contributed by atoms with Crippen LogP contribution in [0.1, 0.15) is 48.7 Å². The molecule has 0 atom stereocenters. The lowest BCUT2D eigenvalue weighted by atomic mass is 10.0. The minimum Gasteiger partial charge on any atom is -0.496 e. The zero-order valence-corrected chi connectivity index (χ0v) is 22.5. The third-order valence-electron chi connectivity index (χ3n) is 7.78. The minimum atomic E-state index is -0.346. The van der Waals surface area contributed by atoms with Gasteiger partial charge in [-0.25, -0.2) is 9.59 Å². The Labute approximate surface area is 219 Å². The highest BCUT2D eigenvalue weighted by Gasteiger charge is 2.29. The van der Waals surface area contributed by atoms with Crippen LogP contribution in [0.5, 0.6) is 5.75 Å². The molecular formula is C28H33N5O5. The summed E-state index contributed by atoms with van der Waals surface area (Å²) < 4.78 is 11.8. The van der Waals surface area contributed by atoms with Crippen LogP contribution in [0.4, 0.5) is 0 Å². The van der Waals surface area contributed by atoms with Gasteiger partial charge >= 0.3 is 11.4 Å². The van der Waals surface area contributed by atoms with Crippen LogP contribution in [0.2, 0.25) is 0 Å². The Morgan fingerprint density at radius 2 is 1.55 bits per heavy atom. The van der Waals surface area contributed by atoms with E-state index >= 15 is 0 Å². The summed E-state index contributed by atoms with van der Waals surface area (Å²) in [4.78, 5) is 54.7. The number of hydrogen-bond donors (Lipinski definition) is 0. The van der Waals surface area contributed by atoms with Crippen molar-refractivity contribution < 1.29 is 9.53 Å². The van der Waals surface area contributed by atoms with Gasteiger partial charge in [-0.15, -0.1) is 0 Å². The zero-order valence-electron chi connectivity index (χ0n) is 22.5. The molecule has 3 heterocycles. The number of imidazole rings is 1. The van der Waals surface area contributed by atoms with Crippen LogP contribution in [0, 0.1) is 6.92 Å². The molecule has 0 spiro atoms. The maximum absolute atomic E-state index is 13.6. The predicted molar refractivity (Wildman–Crippen MR) is 146 cm³/mol. The molecule has 200 valence electrons. The molecular weight excluding hydrogens is 486 g/mol. The fourth-order valence-electron chi connectivity index (χ4n) is 5.70. The number of nitrogens with zero attached hydrogens (tertiary/aromatic N) is 5. The second-order valence-corrected chi connectivity index (χ2v) is 9.87. The Bertz CT molecular complexity index is 1750. The molecule has 0 saturated carbocycles. The largest absolute Gasteiger partial charge is 0.496 e. The number of rotatable bonds is 5. The van der Waals surface area contributed by atoms with Crippen molar-refractivity contribution in [3.8, 4) is 5.75 Å². The van der Waals surface area contributed by atoms with Gasteiger partial charge in [0, 0.05) is 45.3 Å². The van der Waals surface area contributed by atoms with Crippen molar-refractivity contribution in [2.75, 3.05) is 20.2 Å². The Kier molecular flexibility index (Phi) is 6.50. The lowest BCUT2D eigenvalue weighted by Gasteiger charge is -2.33. The summed E-state index contributed by atoms with van der Waals surface area (Å²) >= 11 is 0. The normalized spacial score (nSPS) is 14.5. The molecule has 1 saturated heterocycles. The zero-order chi connectivity index (χ0) is 27.3. The van der Waals surface area contributed by atoms with Gasteiger partial charge in [-0.3, -0.25) is 27.9 Å². The number of piperidine rings is 1. The highest BCUT2D eigenvalue weighted by molar-refractivity contribution is 6.00. The van der Waals surface area contributed by atoms with Crippen molar-refractivity contribution in [2.45, 2.75) is 52.7 Å². The van der Waals surface area contributed by atoms with E-state index < -0.39 is 0 Å². The van der Waals surface area contributed by atoms with Crippen molar-refractivity contribution in [1.82, 2.24) is 23.2 Å². The van der Waals surface area contributed by atoms with Gasteiger partial charge < -0.3 is 9.64 Å². The number of carbonyl (C=O) groups is 1. The van der Waals surface area contributed by atoms with Crippen LogP contribution >= 0.6 is 0 Å². The van der Waals surface area contributed by atoms with Crippen molar-refractivity contribution in [1.29, 1.82) is 0 Å². The van der Waals surface area contributed by atoms with Crippen molar-refractivity contribution >= 4 is 27.8 Å². The Hall–Kier alpha value is -4.08. The fraction of sp³-hybridized carbons (Fsp3) is 0.429. The van der Waals surface area contributed by atoms with Gasteiger partial charge in [0.25, 0.3) is 11.5 Å². The number of methoxy groups -OCH3 is 1. The van der Waals surface area contributed by atoms with E-state index in [1.54, 1.807) is 39.3 Å². The Morgan fingerprint density at radius 1 is 0.921 bits per heavy atom. The highest BCUT2D eigenvalue weighted by atomic mass is 16.5. The lowest BCUT2D eigenvalue weighted by Crippen LogP contribution is -2.46. The highest BCUT2D eigenvalue weighted by Crippen LogP contribution is 2.29. The molecule has 2 aromatic carbocycles. The van der Waals surface area contributed by atoms with E-state index in [0.717, 1.165) is 11.1 Å². The van der Waals surface area contributed by atoms with Crippen LogP contribution < -0.4 is 21.7 Å². The third-order valence-corrected chi connectivity index (χ3v) is 7.78. The van der Waals surface area contributed by atoms with E-state index in [-0.39, 0.29) is 28.9 Å². The quantitative estimate of drug-likeness (QED) is 0.404. The lowest BCUT2D eigenvalue weighted by molar-refractivity contribution is 0.0688. The topological polar surface area (TPSA) is 100 Å². The van der Waals surface area contributed by atoms with E-state index in [4.69, 9.17) is 4.74 Å². The van der Waals surface area contributed by atoms with Gasteiger partial charge in [0.1, 0.15) is 5.75 Å². The third kappa shape index (κ3) is 3.86. The molecule has 1 fully saturated rings. The summed E-state index contributed by atoms with van der Waals surface area (Å²) in [6.07, 6.45) is 0.962. The summed E-state index contributed by atoms with van der Waals surface area (Å²) in [5, 5.41) is 0.518. The molecule has 0 N–H and O–H groups in total. The molecule has 0 unspecified atom stereocenters. The molecule has 5 rings (SSSR count). The van der Waals surface area contributed by atoms with Gasteiger partial charge in [0.15, 0.2) is 0 Å². The molecule has 1 amide bonds. The molecule has 0 bridgehead atoms. The summed E-state index contributed by atoms with van der Waals surface area (Å²) in [6, 6.07) is 8.70. The molecule has 0 radical (unpaired) electrons. The number of amides is 1. The number of aryl methyl sites for hydroxylation is 4. The van der Waals surface area contributed by atoms with E-state index in [0.29, 0.717) is 66.8 Å². The SMILES string of the molecule is CCn1c(=O)n(CC)c2cc(C(=O)N3CCC(n4c(=O)c5cc(C)ccc5n(C)c4=O)CC3)c(OC)cc21. The maximum atomic E-state index is 13.6. The second-order valence-electron chi connectivity index (χ2n) is 9.87. The van der Waals surface area contributed by atoms with Crippen LogP contribution in [-0.2, 0) is 20.1 Å². The molecule has 0 aliphatic carbocycles. The van der Waals surface area contributed by atoms with Crippen LogP contribution in [0.3, 0.4) is 0 Å². The average Bonchev–Trinajstić information content (AvgIpc) is 3.20. The monoisotopic (exact) mass is 519 g/mol. The van der Waals surface area contributed by atoms with Crippen molar-refractivity contribution in [2.24, 2.45) is 7.05 Å². The van der Waals surface area contributed by atoms with E-state index in [1.165, 1.54) is 16.2 Å². The first kappa shape index (κ1) is 25.6. The fourth-order valence-corrected chi connectivity index (χ4v) is 5.70. The molecule has 1 aliphatic rings. The number of likely N-dealkylation sites (tertiary alicyclic amines) is 1. The maximum Gasteiger partial charge on any atom is 0.331 e. The standard InChI is InChI=1S/C28H33N5O5/c1-6-31-22-15-20(24(38-5)16-23(22)32(7-2)28(31)37)25(34)30-12-10-18(11-13-30)33-26(35)19-14-17(3)8-9-21(19)29(4)27(33)36/h8-9,14-16,18H,6-7,10-13H2,1-5H3. The number of carbonyl (C=O) groups excluding carboxylic acids is 1. The molecule has 2 aromatic heterocycles. The van der Waals surface area contributed by atoms with Crippen molar-refractivity contribution in [3.05, 3.63) is 72.8 Å². The number of aromatic nitrogens is 4. The molecule has 38 heavy (non-hydrogen) atoms. The van der Waals surface area contributed by atoms with Gasteiger partial charge in [-0.05, 0) is 51.8 Å². The Morgan fingerprint density at radius 3 is 2.16 bits per heavy atom. The number of hydrogen-bond acceptors (Lipinski definition) is 5. The molecule has 4 aromatic rings. The summed E-state index contributed by atoms with van der Waals surface area (Å²) in [6.45, 7) is 7.51. The first-order valence-electron chi connectivity index (χ1n) is 13.0. The van der Waals surface area contributed by atoms with Gasteiger partial charge in [-0.2, -0.15) is 0 Å². The predicted octanol–water partition coefficient (Wildman–Crippen LogP) is 2.65. The number of ether oxygens (including phenoxy) is 1. The van der Waals surface area contributed by atoms with Gasteiger partial charge in [0.05, 0.1) is 34.6 Å². The van der Waals surface area contributed by atoms with Gasteiger partial charge in [0.2, 0.25) is 0 Å². The Balaban J connectivity index is 1.46. The minimum absolute atomic E-state index is 0.116. The first-order valence-corrected chi connectivity index (χ1v) is 13.0. The smallest absolute Gasteiger partial charge is 0.331 e. The van der Waals surface area contributed by atoms with Gasteiger partial charge in [-0.1, -0.05) is 11.6 Å². The molecule has 10 heteroatoms. The van der Waals surface area contributed by atoms with Crippen LogP contribution in [0.15, 0.2) is 44.7 Å². The number of benzene rings is 2. The first-order chi connectivity index (χ1) is 18.2. The van der Waals surface area contributed by atoms with Crippen LogP contribution in [-0.4, -0.2) is 49.3 Å². The summed E-state index contributed by atoms with van der Waals surface area (Å²) in [5.74, 6) is 0.214. The van der Waals surface area contributed by atoms with E-state index in [1.807, 2.05) is 32.9 Å². The number of fused-ring (bicyclic) bond motifs is 2. The van der Waals surface area contributed by atoms with E-state index in [9.17, 15) is 19.2 Å². The summed E-state index contributed by atoms with van der Waals surface area (Å²) in [7, 11) is 3.19. The van der Waals surface area contributed by atoms with E-state index in [2.05, 4.69) is 0 Å². The molecule has 1 aliphatic heterocycles. The average molecular weight is 520 g/mol. The second kappa shape index (κ2) is 9.66. The molecule has 10 nitrogen and oxygen atoms in total. The van der Waals surface area contributed by atoms with Crippen molar-refractivity contribution in [3.63, 3.8) is 0 Å². The summed E-state index contributed by atoms with van der Waals surface area (Å²) in [5.41, 5.74) is 2.63. The van der Waals surface area contributed by atoms with Crippen LogP contribution in [0.25, 0.3) is 21.9 Å².